The van der Waals surface area contributed by atoms with Gasteiger partial charge in [0.05, 0.1) is 0 Å². The Kier molecular flexibility index (Phi) is 1.85. The Morgan fingerprint density at radius 3 is 2.44 bits per heavy atom. The molecule has 0 aliphatic heterocycles. The molecule has 0 amide bonds. The molecule has 16 heavy (non-hydrogen) atoms. The summed E-state index contributed by atoms with van der Waals surface area (Å²) in [7, 11) is 0. The SMILES string of the molecule is CC1(C)C[C@H]2C[C@]3(C)C(=O)CC[C@]3(C)[C@H]2C1. The Labute approximate surface area is 99.0 Å². The molecule has 90 valence electrons. The van der Waals surface area contributed by atoms with Crippen molar-refractivity contribution in [2.24, 2.45) is 28.1 Å². The zero-order valence-electron chi connectivity index (χ0n) is 11.1. The Morgan fingerprint density at radius 2 is 1.75 bits per heavy atom. The average Bonchev–Trinajstić information content (AvgIpc) is 2.64. The van der Waals surface area contributed by atoms with Gasteiger partial charge in [0.1, 0.15) is 5.78 Å². The first-order chi connectivity index (χ1) is 7.29. The molecule has 0 bridgehead atoms. The van der Waals surface area contributed by atoms with Crippen LogP contribution in [0.25, 0.3) is 0 Å². The fraction of sp³-hybridized carbons (Fsp3) is 0.933. The summed E-state index contributed by atoms with van der Waals surface area (Å²) in [5.41, 5.74) is 0.868. The summed E-state index contributed by atoms with van der Waals surface area (Å²) < 4.78 is 0. The number of carbonyl (C=O) groups is 1. The maximum absolute atomic E-state index is 12.2. The normalized spacial score (nSPS) is 54.1. The summed E-state index contributed by atoms with van der Waals surface area (Å²) in [4.78, 5) is 12.2. The van der Waals surface area contributed by atoms with Crippen molar-refractivity contribution < 1.29 is 4.79 Å². The zero-order valence-corrected chi connectivity index (χ0v) is 11.1. The van der Waals surface area contributed by atoms with Gasteiger partial charge in [0.25, 0.3) is 0 Å². The van der Waals surface area contributed by atoms with E-state index in [-0.39, 0.29) is 5.41 Å². The van der Waals surface area contributed by atoms with Gasteiger partial charge in [-0.05, 0) is 48.3 Å². The molecule has 3 rings (SSSR count). The van der Waals surface area contributed by atoms with Crippen LogP contribution < -0.4 is 0 Å². The van der Waals surface area contributed by atoms with Crippen molar-refractivity contribution >= 4 is 5.78 Å². The van der Waals surface area contributed by atoms with Crippen LogP contribution in [0.1, 0.15) is 59.8 Å². The van der Waals surface area contributed by atoms with Crippen molar-refractivity contribution in [3.63, 3.8) is 0 Å². The molecule has 3 aliphatic carbocycles. The zero-order chi connectivity index (χ0) is 11.8. The molecule has 1 heteroatoms. The summed E-state index contributed by atoms with van der Waals surface area (Å²) in [6, 6.07) is 0. The van der Waals surface area contributed by atoms with Gasteiger partial charge in [0.2, 0.25) is 0 Å². The first-order valence-corrected chi connectivity index (χ1v) is 6.82. The third-order valence-corrected chi connectivity index (χ3v) is 6.39. The van der Waals surface area contributed by atoms with Gasteiger partial charge in [-0.2, -0.15) is 0 Å². The number of ketones is 1. The van der Waals surface area contributed by atoms with Gasteiger partial charge in [0.15, 0.2) is 0 Å². The van der Waals surface area contributed by atoms with E-state index in [4.69, 9.17) is 0 Å². The standard InChI is InChI=1S/C15H24O/c1-13(2)7-10-8-15(4)12(16)5-6-14(15,3)11(10)9-13/h10-11H,5-9H2,1-4H3/t10-,11-,14+,15+/m0/s1. The molecule has 0 aromatic rings. The smallest absolute Gasteiger partial charge is 0.139 e. The monoisotopic (exact) mass is 220 g/mol. The molecule has 1 nitrogen and oxygen atoms in total. The summed E-state index contributed by atoms with van der Waals surface area (Å²) in [5, 5.41) is 0. The lowest BCUT2D eigenvalue weighted by atomic mass is 9.65. The van der Waals surface area contributed by atoms with E-state index in [9.17, 15) is 4.79 Å². The summed E-state index contributed by atoms with van der Waals surface area (Å²) >= 11 is 0. The van der Waals surface area contributed by atoms with Crippen molar-refractivity contribution in [3.8, 4) is 0 Å². The highest BCUT2D eigenvalue weighted by molar-refractivity contribution is 5.88. The highest BCUT2D eigenvalue weighted by Crippen LogP contribution is 2.71. The maximum atomic E-state index is 12.2. The first kappa shape index (κ1) is 10.8. The highest BCUT2D eigenvalue weighted by atomic mass is 16.1. The van der Waals surface area contributed by atoms with Crippen LogP contribution >= 0.6 is 0 Å². The minimum atomic E-state index is 0.0266. The maximum Gasteiger partial charge on any atom is 0.139 e. The second kappa shape index (κ2) is 2.73. The minimum Gasteiger partial charge on any atom is -0.299 e. The number of Topliss-reactive ketones (excluding diaryl/α,β-unsaturated/α-hetero) is 1. The Hall–Kier alpha value is -0.330. The number of rotatable bonds is 0. The van der Waals surface area contributed by atoms with E-state index >= 15 is 0 Å². The Morgan fingerprint density at radius 1 is 1.06 bits per heavy atom. The second-order valence-electron chi connectivity index (χ2n) is 7.82. The van der Waals surface area contributed by atoms with Crippen LogP contribution in [0.2, 0.25) is 0 Å². The van der Waals surface area contributed by atoms with Gasteiger partial charge in [-0.15, -0.1) is 0 Å². The third-order valence-electron chi connectivity index (χ3n) is 6.39. The molecule has 0 heterocycles. The van der Waals surface area contributed by atoms with Gasteiger partial charge < -0.3 is 0 Å². The van der Waals surface area contributed by atoms with E-state index in [1.807, 2.05) is 0 Å². The summed E-state index contributed by atoms with van der Waals surface area (Å²) in [6.45, 7) is 9.48. The van der Waals surface area contributed by atoms with Crippen molar-refractivity contribution in [3.05, 3.63) is 0 Å². The van der Waals surface area contributed by atoms with Crippen LogP contribution in [0.4, 0.5) is 0 Å². The Bertz CT molecular complexity index is 356. The van der Waals surface area contributed by atoms with E-state index < -0.39 is 0 Å². The molecule has 0 saturated heterocycles. The lowest BCUT2D eigenvalue weighted by Crippen LogP contribution is -2.36. The topological polar surface area (TPSA) is 17.1 Å². The summed E-state index contributed by atoms with van der Waals surface area (Å²) in [6.07, 6.45) is 5.86. The van der Waals surface area contributed by atoms with Crippen LogP contribution in [0, 0.1) is 28.1 Å². The molecular weight excluding hydrogens is 196 g/mol. The van der Waals surface area contributed by atoms with Crippen LogP contribution in [-0.2, 0) is 4.79 Å². The van der Waals surface area contributed by atoms with E-state index in [0.717, 1.165) is 24.7 Å². The van der Waals surface area contributed by atoms with E-state index in [1.165, 1.54) is 19.3 Å². The molecule has 0 radical (unpaired) electrons. The number of hydrogen-bond acceptors (Lipinski definition) is 1. The highest BCUT2D eigenvalue weighted by Gasteiger charge is 2.67. The molecule has 3 saturated carbocycles. The van der Waals surface area contributed by atoms with Gasteiger partial charge in [-0.3, -0.25) is 4.79 Å². The van der Waals surface area contributed by atoms with Gasteiger partial charge >= 0.3 is 0 Å². The lowest BCUT2D eigenvalue weighted by molar-refractivity contribution is -0.128. The average molecular weight is 220 g/mol. The van der Waals surface area contributed by atoms with Crippen LogP contribution in [0.5, 0.6) is 0 Å². The molecule has 0 unspecified atom stereocenters. The predicted octanol–water partition coefficient (Wildman–Crippen LogP) is 3.82. The van der Waals surface area contributed by atoms with E-state index in [0.29, 0.717) is 16.6 Å². The van der Waals surface area contributed by atoms with Gasteiger partial charge in [0, 0.05) is 11.8 Å². The van der Waals surface area contributed by atoms with Crippen molar-refractivity contribution in [1.82, 2.24) is 0 Å². The molecule has 4 atom stereocenters. The molecule has 0 spiro atoms. The fourth-order valence-electron chi connectivity index (χ4n) is 5.37. The Balaban J connectivity index is 2.00. The molecule has 3 fully saturated rings. The first-order valence-electron chi connectivity index (χ1n) is 6.82. The molecular formula is C15H24O. The van der Waals surface area contributed by atoms with Crippen LogP contribution in [0.15, 0.2) is 0 Å². The van der Waals surface area contributed by atoms with Crippen LogP contribution in [-0.4, -0.2) is 5.78 Å². The largest absolute Gasteiger partial charge is 0.299 e. The van der Waals surface area contributed by atoms with Crippen molar-refractivity contribution in [2.75, 3.05) is 0 Å². The quantitative estimate of drug-likeness (QED) is 0.606. The molecule has 3 aliphatic rings. The number of carbonyl (C=O) groups excluding carboxylic acids is 1. The minimum absolute atomic E-state index is 0.0266. The van der Waals surface area contributed by atoms with Crippen molar-refractivity contribution in [2.45, 2.75) is 59.8 Å². The lowest BCUT2D eigenvalue weighted by Gasteiger charge is -2.38. The van der Waals surface area contributed by atoms with E-state index in [1.54, 1.807) is 0 Å². The van der Waals surface area contributed by atoms with Gasteiger partial charge in [-0.1, -0.05) is 27.7 Å². The molecule has 0 aromatic carbocycles. The molecule has 0 aromatic heterocycles. The number of fused-ring (bicyclic) bond motifs is 3. The predicted molar refractivity (Wildman–Crippen MR) is 65.1 cm³/mol. The van der Waals surface area contributed by atoms with Crippen molar-refractivity contribution in [1.29, 1.82) is 0 Å². The fourth-order valence-corrected chi connectivity index (χ4v) is 5.37. The molecule has 0 N–H and O–H groups in total. The summed E-state index contributed by atoms with van der Waals surface area (Å²) in [5.74, 6) is 2.20. The van der Waals surface area contributed by atoms with Crippen LogP contribution in [0.3, 0.4) is 0 Å². The second-order valence-corrected chi connectivity index (χ2v) is 7.82. The van der Waals surface area contributed by atoms with E-state index in [2.05, 4.69) is 27.7 Å². The number of hydrogen-bond donors (Lipinski definition) is 0. The van der Waals surface area contributed by atoms with Gasteiger partial charge in [-0.25, -0.2) is 0 Å². The third kappa shape index (κ3) is 1.05.